The number of aromatic nitrogens is 2. The van der Waals surface area contributed by atoms with Crippen molar-refractivity contribution >= 4 is 11.9 Å². The fourth-order valence-electron chi connectivity index (χ4n) is 2.54. The van der Waals surface area contributed by atoms with Gasteiger partial charge in [0.15, 0.2) is 0 Å². The molecule has 0 unspecified atom stereocenters. The van der Waals surface area contributed by atoms with Gasteiger partial charge in [-0.1, -0.05) is 13.8 Å². The number of carboxylic acids is 1. The molecule has 22 heavy (non-hydrogen) atoms. The number of aliphatic hydroxyl groups excluding tert-OH is 1. The number of amides is 1. The van der Waals surface area contributed by atoms with Crippen molar-refractivity contribution in [3.63, 3.8) is 0 Å². The highest BCUT2D eigenvalue weighted by Gasteiger charge is 2.27. The zero-order valence-electron chi connectivity index (χ0n) is 13.0. The molecule has 0 fully saturated rings. The van der Waals surface area contributed by atoms with Crippen LogP contribution in [0.15, 0.2) is 6.07 Å². The number of nitrogens with zero attached hydrogens (tertiary/aromatic N) is 3. The molecule has 0 saturated heterocycles. The van der Waals surface area contributed by atoms with Crippen molar-refractivity contribution in [2.75, 3.05) is 6.54 Å². The normalized spacial score (nSPS) is 16.3. The number of carboxylic acid groups (broad SMARTS) is 1. The maximum Gasteiger partial charge on any atom is 0.303 e. The molecule has 0 spiro atoms. The Morgan fingerprint density at radius 2 is 2.09 bits per heavy atom. The van der Waals surface area contributed by atoms with Gasteiger partial charge in [-0.25, -0.2) is 0 Å². The smallest absolute Gasteiger partial charge is 0.303 e. The lowest BCUT2D eigenvalue weighted by Crippen LogP contribution is -2.41. The Bertz CT molecular complexity index is 553. The summed E-state index contributed by atoms with van der Waals surface area (Å²) in [5, 5.41) is 23.1. The van der Waals surface area contributed by atoms with Crippen LogP contribution in [0.2, 0.25) is 0 Å². The molecule has 0 aromatic carbocycles. The van der Waals surface area contributed by atoms with Crippen LogP contribution in [0.1, 0.15) is 38.1 Å². The third-order valence-corrected chi connectivity index (χ3v) is 3.86. The van der Waals surface area contributed by atoms with Gasteiger partial charge in [0.05, 0.1) is 24.4 Å². The van der Waals surface area contributed by atoms with Gasteiger partial charge in [0.2, 0.25) is 0 Å². The molecule has 2 rings (SSSR count). The summed E-state index contributed by atoms with van der Waals surface area (Å²) in [6.07, 6.45) is 0.216. The standard InChI is InChI=1S/C15H23N3O4/c1-10(2)14(21)15(22)17-6-3-7-18-12(9-17)8-11(16-18)4-5-13(19)20/h8,10,14,21H,3-7,9H2,1-2H3,(H,19,20)/t14-/m0/s1. The predicted octanol–water partition coefficient (Wildman–Crippen LogP) is 0.649. The van der Waals surface area contributed by atoms with E-state index in [0.717, 1.165) is 17.8 Å². The summed E-state index contributed by atoms with van der Waals surface area (Å²) in [4.78, 5) is 24.6. The molecule has 0 aliphatic carbocycles. The van der Waals surface area contributed by atoms with Gasteiger partial charge < -0.3 is 15.1 Å². The van der Waals surface area contributed by atoms with Crippen LogP contribution < -0.4 is 0 Å². The van der Waals surface area contributed by atoms with Crippen molar-refractivity contribution in [2.24, 2.45) is 5.92 Å². The first kappa shape index (κ1) is 16.5. The monoisotopic (exact) mass is 309 g/mol. The van der Waals surface area contributed by atoms with E-state index in [9.17, 15) is 14.7 Å². The molecule has 7 nitrogen and oxygen atoms in total. The maximum absolute atomic E-state index is 12.3. The molecule has 1 aliphatic rings. The van der Waals surface area contributed by atoms with E-state index >= 15 is 0 Å². The molecule has 2 N–H and O–H groups in total. The summed E-state index contributed by atoms with van der Waals surface area (Å²) in [6, 6.07) is 1.86. The second-order valence-electron chi connectivity index (χ2n) is 6.05. The fourth-order valence-corrected chi connectivity index (χ4v) is 2.54. The van der Waals surface area contributed by atoms with Crippen molar-refractivity contribution in [1.29, 1.82) is 0 Å². The number of aliphatic carboxylic acids is 1. The lowest BCUT2D eigenvalue weighted by atomic mass is 10.1. The van der Waals surface area contributed by atoms with E-state index in [0.29, 0.717) is 26.1 Å². The number of carbonyl (C=O) groups is 2. The van der Waals surface area contributed by atoms with Gasteiger partial charge in [-0.15, -0.1) is 0 Å². The minimum atomic E-state index is -0.985. The molecule has 1 atom stereocenters. The largest absolute Gasteiger partial charge is 0.481 e. The summed E-state index contributed by atoms with van der Waals surface area (Å²) in [5.74, 6) is -1.22. The summed E-state index contributed by atoms with van der Waals surface area (Å²) in [6.45, 7) is 5.33. The minimum absolute atomic E-state index is 0.0468. The highest BCUT2D eigenvalue weighted by Crippen LogP contribution is 2.17. The molecule has 0 bridgehead atoms. The van der Waals surface area contributed by atoms with E-state index in [1.54, 1.807) is 4.90 Å². The Labute approximate surface area is 129 Å². The van der Waals surface area contributed by atoms with Gasteiger partial charge in [0, 0.05) is 19.5 Å². The van der Waals surface area contributed by atoms with Crippen molar-refractivity contribution in [1.82, 2.24) is 14.7 Å². The van der Waals surface area contributed by atoms with Crippen molar-refractivity contribution in [2.45, 2.75) is 52.3 Å². The van der Waals surface area contributed by atoms with E-state index in [1.807, 2.05) is 24.6 Å². The van der Waals surface area contributed by atoms with Crippen LogP contribution in [0.5, 0.6) is 0 Å². The second kappa shape index (κ2) is 6.91. The van der Waals surface area contributed by atoms with E-state index in [1.165, 1.54) is 0 Å². The number of fused-ring (bicyclic) bond motifs is 1. The topological polar surface area (TPSA) is 95.7 Å². The first-order valence-electron chi connectivity index (χ1n) is 7.62. The van der Waals surface area contributed by atoms with Crippen molar-refractivity contribution in [3.8, 4) is 0 Å². The van der Waals surface area contributed by atoms with Gasteiger partial charge in [-0.05, 0) is 18.4 Å². The molecular weight excluding hydrogens is 286 g/mol. The third-order valence-electron chi connectivity index (χ3n) is 3.86. The van der Waals surface area contributed by atoms with Crippen molar-refractivity contribution < 1.29 is 19.8 Å². The Kier molecular flexibility index (Phi) is 5.18. The summed E-state index contributed by atoms with van der Waals surface area (Å²) in [5.41, 5.74) is 1.62. The van der Waals surface area contributed by atoms with Crippen LogP contribution in [0, 0.1) is 5.92 Å². The molecule has 122 valence electrons. The minimum Gasteiger partial charge on any atom is -0.481 e. The zero-order chi connectivity index (χ0) is 16.3. The van der Waals surface area contributed by atoms with Gasteiger partial charge in [0.25, 0.3) is 5.91 Å². The molecule has 1 aromatic rings. The zero-order valence-corrected chi connectivity index (χ0v) is 13.0. The number of rotatable bonds is 5. The lowest BCUT2D eigenvalue weighted by Gasteiger charge is -2.24. The van der Waals surface area contributed by atoms with Gasteiger partial charge in [-0.3, -0.25) is 14.3 Å². The number of aryl methyl sites for hydroxylation is 2. The first-order valence-corrected chi connectivity index (χ1v) is 7.62. The lowest BCUT2D eigenvalue weighted by molar-refractivity contribution is -0.143. The molecule has 7 heteroatoms. The second-order valence-corrected chi connectivity index (χ2v) is 6.05. The van der Waals surface area contributed by atoms with Crippen LogP contribution in [0.25, 0.3) is 0 Å². The Balaban J connectivity index is 2.09. The highest BCUT2D eigenvalue weighted by molar-refractivity contribution is 5.80. The molecular formula is C15H23N3O4. The highest BCUT2D eigenvalue weighted by atomic mass is 16.4. The number of carbonyl (C=O) groups excluding carboxylic acids is 1. The number of hydrogen-bond donors (Lipinski definition) is 2. The molecule has 1 amide bonds. The van der Waals surface area contributed by atoms with E-state index < -0.39 is 12.1 Å². The first-order chi connectivity index (χ1) is 10.4. The van der Waals surface area contributed by atoms with Gasteiger partial charge in [0.1, 0.15) is 6.10 Å². The summed E-state index contributed by atoms with van der Waals surface area (Å²) >= 11 is 0. The quantitative estimate of drug-likeness (QED) is 0.832. The Hall–Kier alpha value is -1.89. The Morgan fingerprint density at radius 1 is 1.36 bits per heavy atom. The molecule has 1 aromatic heterocycles. The van der Waals surface area contributed by atoms with Gasteiger partial charge >= 0.3 is 5.97 Å². The van der Waals surface area contributed by atoms with Crippen LogP contribution in [-0.4, -0.2) is 49.4 Å². The average molecular weight is 309 g/mol. The molecule has 0 saturated carbocycles. The van der Waals surface area contributed by atoms with E-state index in [-0.39, 0.29) is 18.2 Å². The van der Waals surface area contributed by atoms with E-state index in [4.69, 9.17) is 5.11 Å². The van der Waals surface area contributed by atoms with Crippen LogP contribution >= 0.6 is 0 Å². The number of aliphatic hydroxyl groups is 1. The third kappa shape index (κ3) is 3.85. The van der Waals surface area contributed by atoms with Gasteiger partial charge in [-0.2, -0.15) is 5.10 Å². The maximum atomic E-state index is 12.3. The average Bonchev–Trinajstić information content (AvgIpc) is 2.74. The SMILES string of the molecule is CC(C)[C@H](O)C(=O)N1CCCn2nc(CCC(=O)O)cc2C1. The number of hydrogen-bond acceptors (Lipinski definition) is 4. The summed E-state index contributed by atoms with van der Waals surface area (Å²) < 4.78 is 1.84. The molecule has 0 radical (unpaired) electrons. The van der Waals surface area contributed by atoms with Crippen LogP contribution in [-0.2, 0) is 29.1 Å². The Morgan fingerprint density at radius 3 is 2.73 bits per heavy atom. The van der Waals surface area contributed by atoms with E-state index in [2.05, 4.69) is 5.10 Å². The van der Waals surface area contributed by atoms with Crippen LogP contribution in [0.4, 0.5) is 0 Å². The molecule has 1 aliphatic heterocycles. The predicted molar refractivity (Wildman–Crippen MR) is 79.1 cm³/mol. The molecule has 2 heterocycles. The van der Waals surface area contributed by atoms with Crippen LogP contribution in [0.3, 0.4) is 0 Å². The fraction of sp³-hybridized carbons (Fsp3) is 0.667. The summed E-state index contributed by atoms with van der Waals surface area (Å²) in [7, 11) is 0. The van der Waals surface area contributed by atoms with Crippen molar-refractivity contribution in [3.05, 3.63) is 17.5 Å².